The molecule has 0 amide bonds. The van der Waals surface area contributed by atoms with Crippen LogP contribution in [0, 0.1) is 0 Å². The Morgan fingerprint density at radius 1 is 0.277 bits per heavy atom. The zero-order chi connectivity index (χ0) is 45.3. The summed E-state index contributed by atoms with van der Waals surface area (Å²) in [7, 11) is 0. The predicted molar refractivity (Wildman–Crippen MR) is 273 cm³/mol. The van der Waals surface area contributed by atoms with Crippen molar-refractivity contribution in [2.45, 2.75) is 105 Å². The molecule has 0 unspecified atom stereocenters. The fraction of sp³-hybridized carbons (Fsp3) is 0.267. The van der Waals surface area contributed by atoms with Gasteiger partial charge in [0, 0.05) is 0 Å². The Kier molecular flexibility index (Phi) is 11.7. The van der Waals surface area contributed by atoms with Crippen LogP contribution < -0.4 is 9.97 Å². The molecule has 0 radical (unpaired) electrons. The summed E-state index contributed by atoms with van der Waals surface area (Å²) in [6.07, 6.45) is 8.60. The molecule has 4 aromatic carbocycles. The Morgan fingerprint density at radius 2 is 0.462 bits per heavy atom. The van der Waals surface area contributed by atoms with Crippen molar-refractivity contribution in [3.8, 4) is 44.5 Å². The van der Waals surface area contributed by atoms with E-state index in [1.807, 2.05) is 0 Å². The number of rotatable bonds is 4. The van der Waals surface area contributed by atoms with Gasteiger partial charge in [-0.15, -0.1) is 22.1 Å². The molecule has 5 heteroatoms. The molecule has 330 valence electrons. The van der Waals surface area contributed by atoms with Crippen molar-refractivity contribution in [2.75, 3.05) is 0 Å². The second kappa shape index (κ2) is 16.8. The van der Waals surface area contributed by atoms with Crippen LogP contribution in [0.25, 0.3) is 90.9 Å². The Balaban J connectivity index is 0.00000576. The summed E-state index contributed by atoms with van der Waals surface area (Å²) in [5, 5.41) is 0. The van der Waals surface area contributed by atoms with Gasteiger partial charge < -0.3 is 9.97 Å². The fourth-order valence-electron chi connectivity index (χ4n) is 8.82. The van der Waals surface area contributed by atoms with E-state index < -0.39 is 0 Å². The molecule has 5 heterocycles. The maximum atomic E-state index is 5.52. The molecular formula is C60H60N4Ni. The summed E-state index contributed by atoms with van der Waals surface area (Å²) in [6, 6.07) is 44.4. The van der Waals surface area contributed by atoms with E-state index >= 15 is 0 Å². The van der Waals surface area contributed by atoms with E-state index in [0.29, 0.717) is 0 Å². The number of hydrogen-bond acceptors (Lipinski definition) is 2. The van der Waals surface area contributed by atoms with Gasteiger partial charge in [-0.05, 0) is 113 Å². The third-order valence-corrected chi connectivity index (χ3v) is 12.8. The first-order valence-electron chi connectivity index (χ1n) is 22.7. The minimum Gasteiger partial charge on any atom is -0.657 e. The van der Waals surface area contributed by atoms with Crippen molar-refractivity contribution in [2.24, 2.45) is 0 Å². The second-order valence-corrected chi connectivity index (χ2v) is 21.7. The van der Waals surface area contributed by atoms with Gasteiger partial charge in [0.1, 0.15) is 0 Å². The van der Waals surface area contributed by atoms with Crippen molar-refractivity contribution in [1.82, 2.24) is 19.9 Å². The molecule has 0 atom stereocenters. The third-order valence-electron chi connectivity index (χ3n) is 12.8. The molecule has 0 saturated heterocycles. The summed E-state index contributed by atoms with van der Waals surface area (Å²) in [5.74, 6) is 0. The van der Waals surface area contributed by atoms with E-state index in [-0.39, 0.29) is 38.2 Å². The quantitative estimate of drug-likeness (QED) is 0.165. The van der Waals surface area contributed by atoms with Crippen LogP contribution in [-0.2, 0) is 38.2 Å². The van der Waals surface area contributed by atoms with E-state index in [9.17, 15) is 0 Å². The second-order valence-electron chi connectivity index (χ2n) is 21.7. The minimum atomic E-state index is 0. The minimum absolute atomic E-state index is 0. The standard InChI is InChI=1S/C60H60N4.Ni/c1-57(2,3)41-21-13-37(14-22-41)53-45-29-31-47(61-45)54(38-15-23-42(24-16-38)58(4,5)6)49-33-35-51(63-49)56(40-19-27-44(28-20-40)60(10,11)12)52-36-34-50(64-52)55(48-32-30-46(53)62-48)39-17-25-43(26-18-39)59(7,8)9;/h13-36H,1-12H3;/q-2;+2. The Morgan fingerprint density at radius 3 is 0.631 bits per heavy atom. The van der Waals surface area contributed by atoms with Crippen molar-refractivity contribution in [3.63, 3.8) is 0 Å². The SMILES string of the molecule is CC(C)(C)c1ccc(-c2c3nc(c(-c4ccc(C(C)(C)C)cc4)c4ccc([n-]4)c(-c4ccc(C(C)(C)C)cc4)c4nc(c(-c5ccc(C(C)(C)C)cc5)c5ccc2[n-]5)C=C4)C=C3)cc1.[Ni+2]. The molecular weight excluding hydrogens is 835 g/mol. The predicted octanol–water partition coefficient (Wildman–Crippen LogP) is 15.8. The first-order valence-corrected chi connectivity index (χ1v) is 22.7. The van der Waals surface area contributed by atoms with Gasteiger partial charge in [0.2, 0.25) is 0 Å². The van der Waals surface area contributed by atoms with Crippen molar-refractivity contribution < 1.29 is 16.5 Å². The molecule has 2 aliphatic rings. The fourth-order valence-corrected chi connectivity index (χ4v) is 8.82. The molecule has 0 fully saturated rings. The molecule has 3 aromatic heterocycles. The van der Waals surface area contributed by atoms with E-state index in [1.165, 1.54) is 22.3 Å². The first-order chi connectivity index (χ1) is 30.2. The molecule has 9 rings (SSSR count). The van der Waals surface area contributed by atoms with Gasteiger partial charge in [-0.25, -0.2) is 9.97 Å². The van der Waals surface area contributed by atoms with Crippen LogP contribution in [0.2, 0.25) is 0 Å². The van der Waals surface area contributed by atoms with E-state index in [0.717, 1.165) is 89.4 Å². The van der Waals surface area contributed by atoms with Gasteiger partial charge in [-0.3, -0.25) is 0 Å². The molecule has 2 aliphatic heterocycles. The largest absolute Gasteiger partial charge is 2.00 e. The normalized spacial score (nSPS) is 13.0. The zero-order valence-electron chi connectivity index (χ0n) is 40.0. The van der Waals surface area contributed by atoms with Gasteiger partial charge in [0.25, 0.3) is 0 Å². The molecule has 4 nitrogen and oxygen atoms in total. The molecule has 7 aromatic rings. The molecule has 0 spiro atoms. The van der Waals surface area contributed by atoms with E-state index in [1.54, 1.807) is 0 Å². The summed E-state index contributed by atoms with van der Waals surface area (Å²) in [5.41, 5.74) is 20.3. The first kappa shape index (κ1) is 45.5. The third kappa shape index (κ3) is 9.01. The molecule has 0 aliphatic carbocycles. The number of benzene rings is 4. The summed E-state index contributed by atoms with van der Waals surface area (Å²) in [4.78, 5) is 22.1. The molecule has 65 heavy (non-hydrogen) atoms. The number of aromatic nitrogens is 4. The molecule has 8 bridgehead atoms. The molecule has 0 N–H and O–H groups in total. The van der Waals surface area contributed by atoms with Gasteiger partial charge in [-0.1, -0.05) is 204 Å². The van der Waals surface area contributed by atoms with E-state index in [4.69, 9.17) is 19.9 Å². The van der Waals surface area contributed by atoms with Gasteiger partial charge in [-0.2, -0.15) is 0 Å². The van der Waals surface area contributed by atoms with Crippen LogP contribution in [0.3, 0.4) is 0 Å². The number of hydrogen-bond donors (Lipinski definition) is 0. The summed E-state index contributed by atoms with van der Waals surface area (Å²) in [6.45, 7) is 27.0. The number of nitrogens with zero attached hydrogens (tertiary/aromatic N) is 4. The van der Waals surface area contributed by atoms with Gasteiger partial charge in [0.15, 0.2) is 0 Å². The number of fused-ring (bicyclic) bond motifs is 8. The van der Waals surface area contributed by atoms with E-state index in [2.05, 4.69) is 229 Å². The summed E-state index contributed by atoms with van der Waals surface area (Å²) < 4.78 is 0. The summed E-state index contributed by atoms with van der Waals surface area (Å²) >= 11 is 0. The van der Waals surface area contributed by atoms with Crippen LogP contribution >= 0.6 is 0 Å². The van der Waals surface area contributed by atoms with Crippen LogP contribution in [0.15, 0.2) is 121 Å². The maximum absolute atomic E-state index is 5.52. The van der Waals surface area contributed by atoms with Crippen molar-refractivity contribution in [1.29, 1.82) is 0 Å². The molecule has 0 saturated carbocycles. The zero-order valence-corrected chi connectivity index (χ0v) is 40.9. The smallest absolute Gasteiger partial charge is 0.657 e. The van der Waals surface area contributed by atoms with Crippen LogP contribution in [0.5, 0.6) is 0 Å². The Hall–Kier alpha value is -6.03. The van der Waals surface area contributed by atoms with Gasteiger partial charge >= 0.3 is 16.5 Å². The van der Waals surface area contributed by atoms with Gasteiger partial charge in [0.05, 0.1) is 22.8 Å². The average molecular weight is 896 g/mol. The van der Waals surface area contributed by atoms with Crippen molar-refractivity contribution in [3.05, 3.63) is 166 Å². The van der Waals surface area contributed by atoms with Crippen LogP contribution in [0.1, 0.15) is 128 Å². The Bertz CT molecular complexity index is 2710. The average Bonchev–Trinajstić information content (AvgIpc) is 4.08. The van der Waals surface area contributed by atoms with Crippen LogP contribution in [-0.4, -0.2) is 9.97 Å². The topological polar surface area (TPSA) is 54.0 Å². The maximum Gasteiger partial charge on any atom is 2.00 e. The Labute approximate surface area is 396 Å². The van der Waals surface area contributed by atoms with Crippen molar-refractivity contribution >= 4 is 46.4 Å². The van der Waals surface area contributed by atoms with Crippen LogP contribution in [0.4, 0.5) is 0 Å². The monoisotopic (exact) mass is 894 g/mol.